The van der Waals surface area contributed by atoms with Gasteiger partial charge in [0.15, 0.2) is 0 Å². The van der Waals surface area contributed by atoms with Crippen LogP contribution in [0.1, 0.15) is 50.3 Å². The molecule has 0 heterocycles. The van der Waals surface area contributed by atoms with Crippen LogP contribution in [0.4, 0.5) is 5.69 Å². The van der Waals surface area contributed by atoms with Crippen molar-refractivity contribution >= 4 is 27.5 Å². The van der Waals surface area contributed by atoms with E-state index in [1.165, 1.54) is 4.90 Å². The zero-order chi connectivity index (χ0) is 30.2. The van der Waals surface area contributed by atoms with E-state index in [0.29, 0.717) is 23.4 Å². The molecule has 0 spiro atoms. The highest BCUT2D eigenvalue weighted by Gasteiger charge is 2.34. The summed E-state index contributed by atoms with van der Waals surface area (Å²) in [6.45, 7) is 9.04. The molecule has 0 unspecified atom stereocenters. The summed E-state index contributed by atoms with van der Waals surface area (Å²) in [5, 5.41) is 2.99. The lowest BCUT2D eigenvalue weighted by atomic mass is 10.1. The van der Waals surface area contributed by atoms with Crippen molar-refractivity contribution in [3.05, 3.63) is 89.5 Å². The molecule has 0 aliphatic carbocycles. The van der Waals surface area contributed by atoms with E-state index in [9.17, 15) is 18.0 Å². The van der Waals surface area contributed by atoms with E-state index in [-0.39, 0.29) is 23.4 Å². The summed E-state index contributed by atoms with van der Waals surface area (Å²) >= 11 is 0. The number of carbonyl (C=O) groups excluding carboxylic acids is 2. The van der Waals surface area contributed by atoms with Crippen LogP contribution < -0.4 is 14.4 Å². The molecule has 8 nitrogen and oxygen atoms in total. The third-order valence-corrected chi connectivity index (χ3v) is 8.92. The lowest BCUT2D eigenvalue weighted by Gasteiger charge is -2.34. The minimum absolute atomic E-state index is 0.0734. The molecule has 0 aliphatic heterocycles. The number of carbonyl (C=O) groups is 2. The van der Waals surface area contributed by atoms with Crippen LogP contribution in [0.2, 0.25) is 0 Å². The lowest BCUT2D eigenvalue weighted by molar-refractivity contribution is -0.140. The molecule has 3 aromatic rings. The van der Waals surface area contributed by atoms with Crippen LogP contribution in [0, 0.1) is 13.8 Å². The maximum Gasteiger partial charge on any atom is 0.264 e. The monoisotopic (exact) mass is 579 g/mol. The molecular formula is C32H41N3O5S. The number of nitrogens with one attached hydrogen (secondary N) is 1. The number of hydrogen-bond acceptors (Lipinski definition) is 5. The smallest absolute Gasteiger partial charge is 0.264 e. The SMILES string of the molecule is CC[C@@H](C)NC(=O)[C@@H](CC)N(Cc1cccc(OC)c1)C(=O)CN(c1ccccc1C)S(=O)(=O)c1ccc(C)cc1. The number of ether oxygens (including phenoxy) is 1. The van der Waals surface area contributed by atoms with Gasteiger partial charge in [0.05, 0.1) is 17.7 Å². The standard InChI is InChI=1S/C32H41N3O5S/c1-7-25(5)33-32(37)29(8-2)34(21-26-13-11-14-27(20-26)40-6)31(36)22-35(30-15-10-9-12-24(30)4)41(38,39)28-18-16-23(3)17-19-28/h9-20,25,29H,7-8,21-22H2,1-6H3,(H,33,37)/t25-,29-/m1/s1. The maximum absolute atomic E-state index is 14.2. The van der Waals surface area contributed by atoms with Crippen LogP contribution >= 0.6 is 0 Å². The van der Waals surface area contributed by atoms with Crippen molar-refractivity contribution in [1.29, 1.82) is 0 Å². The summed E-state index contributed by atoms with van der Waals surface area (Å²) in [6, 6.07) is 20.0. The van der Waals surface area contributed by atoms with E-state index in [0.717, 1.165) is 21.9 Å². The first-order chi connectivity index (χ1) is 19.5. The minimum atomic E-state index is -4.12. The molecular weight excluding hydrogens is 538 g/mol. The number of amides is 2. The summed E-state index contributed by atoms with van der Waals surface area (Å²) in [4.78, 5) is 29.2. The third-order valence-electron chi connectivity index (χ3n) is 7.15. The molecule has 0 saturated heterocycles. The number of benzene rings is 3. The average molecular weight is 580 g/mol. The molecule has 41 heavy (non-hydrogen) atoms. The van der Waals surface area contributed by atoms with E-state index in [4.69, 9.17) is 4.74 Å². The Morgan fingerprint density at radius 2 is 1.61 bits per heavy atom. The highest BCUT2D eigenvalue weighted by molar-refractivity contribution is 7.92. The molecule has 0 radical (unpaired) electrons. The van der Waals surface area contributed by atoms with Crippen molar-refractivity contribution in [2.24, 2.45) is 0 Å². The van der Waals surface area contributed by atoms with Crippen molar-refractivity contribution in [3.8, 4) is 5.75 Å². The van der Waals surface area contributed by atoms with Gasteiger partial charge in [-0.2, -0.15) is 0 Å². The molecule has 220 valence electrons. The maximum atomic E-state index is 14.2. The van der Waals surface area contributed by atoms with Crippen molar-refractivity contribution in [2.45, 2.75) is 71.0 Å². The first-order valence-electron chi connectivity index (χ1n) is 13.9. The van der Waals surface area contributed by atoms with Crippen LogP contribution in [-0.2, 0) is 26.2 Å². The van der Waals surface area contributed by atoms with Gasteiger partial charge in [-0.1, -0.05) is 61.9 Å². The first kappa shape index (κ1) is 31.7. The van der Waals surface area contributed by atoms with Gasteiger partial charge in [0.1, 0.15) is 18.3 Å². The van der Waals surface area contributed by atoms with Gasteiger partial charge < -0.3 is 15.0 Å². The Balaban J connectivity index is 2.08. The summed E-state index contributed by atoms with van der Waals surface area (Å²) in [5.74, 6) is -0.143. The fourth-order valence-electron chi connectivity index (χ4n) is 4.52. The summed E-state index contributed by atoms with van der Waals surface area (Å²) in [6.07, 6.45) is 1.09. The second-order valence-corrected chi connectivity index (χ2v) is 12.1. The quantitative estimate of drug-likeness (QED) is 0.299. The second-order valence-electron chi connectivity index (χ2n) is 10.2. The fourth-order valence-corrected chi connectivity index (χ4v) is 6.00. The lowest BCUT2D eigenvalue weighted by Crippen LogP contribution is -2.53. The van der Waals surface area contributed by atoms with Gasteiger partial charge >= 0.3 is 0 Å². The average Bonchev–Trinajstić information content (AvgIpc) is 2.96. The van der Waals surface area contributed by atoms with Crippen LogP contribution in [-0.4, -0.2) is 50.9 Å². The molecule has 0 aliphatic rings. The van der Waals surface area contributed by atoms with Crippen LogP contribution in [0.15, 0.2) is 77.7 Å². The van der Waals surface area contributed by atoms with Gasteiger partial charge in [-0.3, -0.25) is 13.9 Å². The van der Waals surface area contributed by atoms with Gasteiger partial charge in [-0.15, -0.1) is 0 Å². The molecule has 0 saturated carbocycles. The first-order valence-corrected chi connectivity index (χ1v) is 15.3. The number of sulfonamides is 1. The van der Waals surface area contributed by atoms with E-state index in [2.05, 4.69) is 5.32 Å². The van der Waals surface area contributed by atoms with Gasteiger partial charge in [0.2, 0.25) is 11.8 Å². The molecule has 9 heteroatoms. The Bertz CT molecular complexity index is 1440. The molecule has 0 fully saturated rings. The van der Waals surface area contributed by atoms with Crippen LogP contribution in [0.5, 0.6) is 5.75 Å². The normalized spacial score (nSPS) is 12.7. The summed E-state index contributed by atoms with van der Waals surface area (Å²) in [7, 11) is -2.55. The van der Waals surface area contributed by atoms with Gasteiger partial charge in [0.25, 0.3) is 10.0 Å². The van der Waals surface area contributed by atoms with Crippen LogP contribution in [0.25, 0.3) is 0 Å². The summed E-state index contributed by atoms with van der Waals surface area (Å²) < 4.78 is 34.5. The molecule has 0 aromatic heterocycles. The number of methoxy groups -OCH3 is 1. The van der Waals surface area contributed by atoms with Gasteiger partial charge in [0, 0.05) is 12.6 Å². The highest BCUT2D eigenvalue weighted by atomic mass is 32.2. The fraction of sp³-hybridized carbons (Fsp3) is 0.375. The Morgan fingerprint density at radius 1 is 0.927 bits per heavy atom. The number of nitrogens with zero attached hydrogens (tertiary/aromatic N) is 2. The topological polar surface area (TPSA) is 96.0 Å². The number of rotatable bonds is 13. The molecule has 1 N–H and O–H groups in total. The van der Waals surface area contributed by atoms with E-state index in [1.807, 2.05) is 52.0 Å². The van der Waals surface area contributed by atoms with E-state index in [1.54, 1.807) is 62.6 Å². The largest absolute Gasteiger partial charge is 0.497 e. The number of aryl methyl sites for hydroxylation is 2. The highest BCUT2D eigenvalue weighted by Crippen LogP contribution is 2.28. The Hall–Kier alpha value is -3.85. The van der Waals surface area contributed by atoms with Crippen molar-refractivity contribution in [3.63, 3.8) is 0 Å². The van der Waals surface area contributed by atoms with E-state index >= 15 is 0 Å². The summed E-state index contributed by atoms with van der Waals surface area (Å²) in [5.41, 5.74) is 2.79. The van der Waals surface area contributed by atoms with Crippen molar-refractivity contribution in [2.75, 3.05) is 18.0 Å². The number of para-hydroxylation sites is 1. The number of hydrogen-bond donors (Lipinski definition) is 1. The predicted molar refractivity (Wildman–Crippen MR) is 162 cm³/mol. The molecule has 3 aromatic carbocycles. The Kier molecular flexibility index (Phi) is 10.9. The van der Waals surface area contributed by atoms with Crippen molar-refractivity contribution < 1.29 is 22.7 Å². The number of anilines is 1. The van der Waals surface area contributed by atoms with Gasteiger partial charge in [-0.05, 0) is 75.1 Å². The second kappa shape index (κ2) is 14.2. The molecule has 0 bridgehead atoms. The van der Waals surface area contributed by atoms with E-state index < -0.39 is 28.5 Å². The third kappa shape index (κ3) is 7.88. The molecule has 2 atom stereocenters. The van der Waals surface area contributed by atoms with Gasteiger partial charge in [-0.25, -0.2) is 8.42 Å². The predicted octanol–water partition coefficient (Wildman–Crippen LogP) is 5.23. The van der Waals surface area contributed by atoms with Crippen molar-refractivity contribution in [1.82, 2.24) is 10.2 Å². The molecule has 3 rings (SSSR count). The van der Waals surface area contributed by atoms with Crippen LogP contribution in [0.3, 0.4) is 0 Å². The minimum Gasteiger partial charge on any atom is -0.497 e. The molecule has 2 amide bonds. The zero-order valence-electron chi connectivity index (χ0n) is 24.8. The Morgan fingerprint density at radius 3 is 2.22 bits per heavy atom. The Labute approximate surface area is 244 Å². The zero-order valence-corrected chi connectivity index (χ0v) is 25.6.